The number of piperazine rings is 1. The molecule has 0 saturated carbocycles. The monoisotopic (exact) mass is 497 g/mol. The molecule has 37 heavy (non-hydrogen) atoms. The van der Waals surface area contributed by atoms with Gasteiger partial charge in [-0.05, 0) is 55.8 Å². The van der Waals surface area contributed by atoms with Crippen molar-refractivity contribution in [3.63, 3.8) is 0 Å². The molecule has 2 aromatic heterocycles. The van der Waals surface area contributed by atoms with E-state index in [2.05, 4.69) is 25.2 Å². The van der Waals surface area contributed by atoms with Crippen molar-refractivity contribution in [1.29, 1.82) is 0 Å². The van der Waals surface area contributed by atoms with Crippen molar-refractivity contribution in [2.75, 3.05) is 36.4 Å². The van der Waals surface area contributed by atoms with Crippen LogP contribution in [0.4, 0.5) is 11.4 Å². The number of anilines is 2. The Balaban J connectivity index is 1.28. The van der Waals surface area contributed by atoms with Gasteiger partial charge in [0, 0.05) is 38.1 Å². The van der Waals surface area contributed by atoms with Gasteiger partial charge in [-0.15, -0.1) is 0 Å². The first-order valence-corrected chi connectivity index (χ1v) is 12.5. The lowest BCUT2D eigenvalue weighted by molar-refractivity contribution is -0.121. The van der Waals surface area contributed by atoms with Gasteiger partial charge < -0.3 is 10.2 Å². The van der Waals surface area contributed by atoms with Crippen molar-refractivity contribution in [2.24, 2.45) is 0 Å². The van der Waals surface area contributed by atoms with Gasteiger partial charge >= 0.3 is 5.69 Å². The van der Waals surface area contributed by atoms with Crippen LogP contribution < -0.4 is 15.9 Å². The first-order valence-electron chi connectivity index (χ1n) is 12.5. The molecular formula is C28H31N7O2. The van der Waals surface area contributed by atoms with Crippen LogP contribution in [0.3, 0.4) is 0 Å². The van der Waals surface area contributed by atoms with Crippen LogP contribution in [0.5, 0.6) is 0 Å². The number of rotatable bonds is 7. The Morgan fingerprint density at radius 3 is 2.22 bits per heavy atom. The van der Waals surface area contributed by atoms with E-state index in [0.29, 0.717) is 5.69 Å². The van der Waals surface area contributed by atoms with E-state index in [1.54, 1.807) is 23.3 Å². The topological polar surface area (TPSA) is 88.3 Å². The highest BCUT2D eigenvalue weighted by Crippen LogP contribution is 2.26. The third kappa shape index (κ3) is 5.31. The van der Waals surface area contributed by atoms with Crippen molar-refractivity contribution >= 4 is 17.3 Å². The van der Waals surface area contributed by atoms with Gasteiger partial charge in [0.2, 0.25) is 5.91 Å². The summed E-state index contributed by atoms with van der Waals surface area (Å²) in [5.74, 6) is -0.0654. The van der Waals surface area contributed by atoms with Gasteiger partial charge in [-0.3, -0.25) is 14.7 Å². The highest BCUT2D eigenvalue weighted by atomic mass is 16.2. The molecule has 1 N–H and O–H groups in total. The van der Waals surface area contributed by atoms with E-state index in [1.807, 2.05) is 80.6 Å². The lowest BCUT2D eigenvalue weighted by atomic mass is 10.0. The molecule has 0 spiro atoms. The van der Waals surface area contributed by atoms with Crippen LogP contribution in [0.15, 0.2) is 90.2 Å². The number of hydrogen-bond donors (Lipinski definition) is 1. The quantitative estimate of drug-likeness (QED) is 0.420. The molecule has 0 aliphatic carbocycles. The maximum absolute atomic E-state index is 13.4. The lowest BCUT2D eigenvalue weighted by Gasteiger charge is -2.39. The Bertz CT molecular complexity index is 1370. The van der Waals surface area contributed by atoms with E-state index in [1.165, 1.54) is 4.68 Å². The molecule has 0 radical (unpaired) electrons. The summed E-state index contributed by atoms with van der Waals surface area (Å²) in [5.41, 5.74) is 3.38. The molecule has 5 rings (SSSR count). The van der Waals surface area contributed by atoms with Crippen LogP contribution in [-0.2, 0) is 4.79 Å². The summed E-state index contributed by atoms with van der Waals surface area (Å²) in [5, 5.41) is 7.23. The molecule has 190 valence electrons. The molecule has 1 aliphatic heterocycles. The number of aromatic nitrogens is 4. The van der Waals surface area contributed by atoms with Crippen molar-refractivity contribution < 1.29 is 4.79 Å². The third-order valence-electron chi connectivity index (χ3n) is 6.65. The Morgan fingerprint density at radius 1 is 0.892 bits per heavy atom. The number of nitrogens with zero attached hydrogens (tertiary/aromatic N) is 6. The van der Waals surface area contributed by atoms with Crippen LogP contribution >= 0.6 is 0 Å². The first kappa shape index (κ1) is 24.5. The van der Waals surface area contributed by atoms with Gasteiger partial charge in [0.15, 0.2) is 0 Å². The smallest absolute Gasteiger partial charge is 0.350 e. The van der Waals surface area contributed by atoms with Gasteiger partial charge in [-0.25, -0.2) is 14.0 Å². The molecule has 1 atom stereocenters. The molecule has 4 aromatic rings. The van der Waals surface area contributed by atoms with Crippen LogP contribution in [0, 0.1) is 0 Å². The van der Waals surface area contributed by atoms with Crippen LogP contribution in [0.2, 0.25) is 0 Å². The number of nitrogens with one attached hydrogen (secondary N) is 1. The number of benzene rings is 2. The van der Waals surface area contributed by atoms with Crippen molar-refractivity contribution in [3.8, 4) is 5.69 Å². The Kier molecular flexibility index (Phi) is 7.14. The predicted octanol–water partition coefficient (Wildman–Crippen LogP) is 3.51. The van der Waals surface area contributed by atoms with Crippen molar-refractivity contribution in [1.82, 2.24) is 24.2 Å². The van der Waals surface area contributed by atoms with Crippen molar-refractivity contribution in [2.45, 2.75) is 25.9 Å². The van der Waals surface area contributed by atoms with Gasteiger partial charge in [0.1, 0.15) is 12.4 Å². The molecule has 3 heterocycles. The molecule has 1 unspecified atom stereocenters. The molecular weight excluding hydrogens is 466 g/mol. The molecule has 1 aliphatic rings. The average Bonchev–Trinajstić information content (AvgIpc) is 3.32. The molecule has 1 fully saturated rings. The Hall–Kier alpha value is -4.24. The number of amides is 1. The SMILES string of the molecule is CC(C)n1ncn(-c2ccc(N3CCN(C(C(=O)Nc4cccnc4)c4ccccc4)CC3)cc2)c1=O. The maximum atomic E-state index is 13.4. The Labute approximate surface area is 216 Å². The average molecular weight is 498 g/mol. The second-order valence-corrected chi connectivity index (χ2v) is 9.41. The highest BCUT2D eigenvalue weighted by molar-refractivity contribution is 5.95. The van der Waals surface area contributed by atoms with Gasteiger partial charge in [-0.2, -0.15) is 5.10 Å². The second kappa shape index (κ2) is 10.8. The van der Waals surface area contributed by atoms with Gasteiger partial charge in [0.05, 0.1) is 23.6 Å². The van der Waals surface area contributed by atoms with Crippen molar-refractivity contribution in [3.05, 3.63) is 101 Å². The number of carbonyl (C=O) groups is 1. The minimum absolute atomic E-state index is 0.00970. The third-order valence-corrected chi connectivity index (χ3v) is 6.65. The molecule has 1 saturated heterocycles. The van der Waals surface area contributed by atoms with E-state index >= 15 is 0 Å². The number of pyridine rings is 1. The van der Waals surface area contributed by atoms with Crippen LogP contribution in [0.25, 0.3) is 5.69 Å². The summed E-state index contributed by atoms with van der Waals surface area (Å²) >= 11 is 0. The van der Waals surface area contributed by atoms with Crippen LogP contribution in [0.1, 0.15) is 31.5 Å². The number of carbonyl (C=O) groups excluding carboxylic acids is 1. The molecule has 9 nitrogen and oxygen atoms in total. The normalized spacial score (nSPS) is 15.1. The van der Waals surface area contributed by atoms with E-state index in [-0.39, 0.29) is 17.6 Å². The zero-order valence-electron chi connectivity index (χ0n) is 21.1. The fourth-order valence-electron chi connectivity index (χ4n) is 4.72. The molecule has 9 heteroatoms. The van der Waals surface area contributed by atoms with E-state index in [9.17, 15) is 9.59 Å². The summed E-state index contributed by atoms with van der Waals surface area (Å²) < 4.78 is 3.04. The summed E-state index contributed by atoms with van der Waals surface area (Å²) in [6.45, 7) is 6.92. The molecule has 1 amide bonds. The molecule has 2 aromatic carbocycles. The first-order chi connectivity index (χ1) is 18.0. The summed E-state index contributed by atoms with van der Waals surface area (Å²) in [6.07, 6.45) is 4.91. The van der Waals surface area contributed by atoms with E-state index < -0.39 is 6.04 Å². The fourth-order valence-corrected chi connectivity index (χ4v) is 4.72. The van der Waals surface area contributed by atoms with Crippen LogP contribution in [-0.4, -0.2) is 56.3 Å². The molecule has 0 bridgehead atoms. The predicted molar refractivity (Wildman–Crippen MR) is 144 cm³/mol. The summed E-state index contributed by atoms with van der Waals surface area (Å²) in [6, 6.07) is 21.1. The van der Waals surface area contributed by atoms with Gasteiger partial charge in [-0.1, -0.05) is 30.3 Å². The van der Waals surface area contributed by atoms with Gasteiger partial charge in [0.25, 0.3) is 0 Å². The second-order valence-electron chi connectivity index (χ2n) is 9.41. The zero-order valence-corrected chi connectivity index (χ0v) is 21.1. The highest BCUT2D eigenvalue weighted by Gasteiger charge is 2.30. The zero-order chi connectivity index (χ0) is 25.8. The lowest BCUT2D eigenvalue weighted by Crippen LogP contribution is -2.50. The largest absolute Gasteiger partial charge is 0.369 e. The standard InChI is InChI=1S/C28H31N7O2/c1-21(2)35-28(37)34(20-30-35)25-12-10-24(11-13-25)32-15-17-33(18-16-32)26(22-7-4-3-5-8-22)27(36)31-23-9-6-14-29-19-23/h3-14,19-21,26H,15-18H2,1-2H3,(H,31,36). The van der Waals surface area contributed by atoms with E-state index in [4.69, 9.17) is 0 Å². The summed E-state index contributed by atoms with van der Waals surface area (Å²) in [7, 11) is 0. The maximum Gasteiger partial charge on any atom is 0.350 e. The van der Waals surface area contributed by atoms with E-state index in [0.717, 1.165) is 43.1 Å². The Morgan fingerprint density at radius 2 is 1.59 bits per heavy atom. The minimum atomic E-state index is -0.393. The number of hydrogen-bond acceptors (Lipinski definition) is 6. The fraction of sp³-hybridized carbons (Fsp3) is 0.286. The summed E-state index contributed by atoms with van der Waals surface area (Å²) in [4.78, 5) is 34.6. The minimum Gasteiger partial charge on any atom is -0.369 e.